The number of rotatable bonds is 4. The third-order valence-electron chi connectivity index (χ3n) is 3.65. The number of hydrogen-bond donors (Lipinski definition) is 1. The predicted molar refractivity (Wildman–Crippen MR) is 75.3 cm³/mol. The van der Waals surface area contributed by atoms with E-state index in [4.69, 9.17) is 4.74 Å². The highest BCUT2D eigenvalue weighted by Gasteiger charge is 2.33. The minimum Gasteiger partial charge on any atom is -0.486 e. The zero-order valence-corrected chi connectivity index (χ0v) is 11.5. The van der Waals surface area contributed by atoms with Gasteiger partial charge < -0.3 is 14.4 Å². The van der Waals surface area contributed by atoms with E-state index in [2.05, 4.69) is 9.88 Å². The molecule has 0 aliphatic carbocycles. The van der Waals surface area contributed by atoms with Crippen LogP contribution < -0.4 is 4.74 Å². The van der Waals surface area contributed by atoms with Crippen LogP contribution in [0.3, 0.4) is 0 Å². The van der Waals surface area contributed by atoms with Crippen LogP contribution >= 0.6 is 0 Å². The molecule has 1 aromatic heterocycles. The van der Waals surface area contributed by atoms with E-state index in [1.807, 2.05) is 48.1 Å². The number of aryl methyl sites for hydroxylation is 1. The number of imidazole rings is 1. The van der Waals surface area contributed by atoms with Crippen LogP contribution in [0.1, 0.15) is 5.69 Å². The molecule has 5 nitrogen and oxygen atoms in total. The molecule has 2 heterocycles. The van der Waals surface area contributed by atoms with Gasteiger partial charge in [-0.05, 0) is 12.1 Å². The quantitative estimate of drug-likeness (QED) is 0.904. The molecule has 2 atom stereocenters. The van der Waals surface area contributed by atoms with E-state index in [0.29, 0.717) is 6.54 Å². The molecule has 20 heavy (non-hydrogen) atoms. The molecule has 106 valence electrons. The molecular weight excluding hydrogens is 254 g/mol. The van der Waals surface area contributed by atoms with Crippen LogP contribution in [0.2, 0.25) is 0 Å². The van der Waals surface area contributed by atoms with Gasteiger partial charge in [0.05, 0.1) is 12.0 Å². The molecule has 0 unspecified atom stereocenters. The molecule has 1 saturated heterocycles. The van der Waals surface area contributed by atoms with Crippen molar-refractivity contribution >= 4 is 0 Å². The number of β-amino-alcohol motifs (C(OH)–C–C–N with tert-alkyl or cyclic N) is 1. The van der Waals surface area contributed by atoms with Gasteiger partial charge in [-0.1, -0.05) is 18.2 Å². The number of nitrogens with zero attached hydrogens (tertiary/aromatic N) is 3. The molecule has 1 aromatic carbocycles. The van der Waals surface area contributed by atoms with Crippen molar-refractivity contribution in [3.05, 3.63) is 48.5 Å². The van der Waals surface area contributed by atoms with E-state index < -0.39 is 6.10 Å². The van der Waals surface area contributed by atoms with E-state index in [1.54, 1.807) is 6.33 Å². The van der Waals surface area contributed by atoms with Gasteiger partial charge in [-0.2, -0.15) is 0 Å². The first-order chi connectivity index (χ1) is 9.72. The van der Waals surface area contributed by atoms with Gasteiger partial charge in [0.1, 0.15) is 18.0 Å². The first kappa shape index (κ1) is 13.1. The van der Waals surface area contributed by atoms with Crippen molar-refractivity contribution in [1.29, 1.82) is 0 Å². The van der Waals surface area contributed by atoms with E-state index in [0.717, 1.165) is 24.5 Å². The second kappa shape index (κ2) is 5.64. The number of benzene rings is 1. The van der Waals surface area contributed by atoms with Gasteiger partial charge in [-0.25, -0.2) is 4.98 Å². The minimum absolute atomic E-state index is 0.175. The summed E-state index contributed by atoms with van der Waals surface area (Å²) in [6, 6.07) is 9.65. The summed E-state index contributed by atoms with van der Waals surface area (Å²) in [5.74, 6) is 0.805. The molecule has 0 radical (unpaired) electrons. The maximum atomic E-state index is 10.1. The van der Waals surface area contributed by atoms with Gasteiger partial charge in [-0.15, -0.1) is 0 Å². The Balaban J connectivity index is 1.61. The second-order valence-electron chi connectivity index (χ2n) is 5.23. The highest BCUT2D eigenvalue weighted by molar-refractivity contribution is 5.21. The largest absolute Gasteiger partial charge is 0.486 e. The van der Waals surface area contributed by atoms with Crippen molar-refractivity contribution in [2.75, 3.05) is 13.1 Å². The fourth-order valence-corrected chi connectivity index (χ4v) is 2.52. The monoisotopic (exact) mass is 273 g/mol. The summed E-state index contributed by atoms with van der Waals surface area (Å²) >= 11 is 0. The smallest absolute Gasteiger partial charge is 0.138 e. The SMILES string of the molecule is Cn1cncc1CN1C[C@H](Oc2ccccc2)[C@@H](O)C1. The molecule has 3 rings (SSSR count). The third-order valence-corrected chi connectivity index (χ3v) is 3.65. The van der Waals surface area contributed by atoms with E-state index in [1.165, 1.54) is 0 Å². The van der Waals surface area contributed by atoms with Gasteiger partial charge in [0.25, 0.3) is 0 Å². The van der Waals surface area contributed by atoms with Crippen LogP contribution in [0, 0.1) is 0 Å². The zero-order valence-electron chi connectivity index (χ0n) is 11.5. The van der Waals surface area contributed by atoms with E-state index in [-0.39, 0.29) is 6.10 Å². The van der Waals surface area contributed by atoms with Crippen molar-refractivity contribution < 1.29 is 9.84 Å². The molecule has 2 aromatic rings. The predicted octanol–water partition coefficient (Wildman–Crippen LogP) is 1.04. The molecule has 0 bridgehead atoms. The van der Waals surface area contributed by atoms with Crippen molar-refractivity contribution in [2.24, 2.45) is 7.05 Å². The van der Waals surface area contributed by atoms with Crippen LogP contribution in [0.5, 0.6) is 5.75 Å². The lowest BCUT2D eigenvalue weighted by molar-refractivity contribution is 0.0737. The summed E-state index contributed by atoms with van der Waals surface area (Å²) in [6.45, 7) is 2.13. The fourth-order valence-electron chi connectivity index (χ4n) is 2.52. The molecular formula is C15H19N3O2. The van der Waals surface area contributed by atoms with Gasteiger partial charge in [0.2, 0.25) is 0 Å². The van der Waals surface area contributed by atoms with Crippen LogP contribution in [-0.2, 0) is 13.6 Å². The first-order valence-corrected chi connectivity index (χ1v) is 6.79. The third kappa shape index (κ3) is 2.84. The van der Waals surface area contributed by atoms with Gasteiger partial charge >= 0.3 is 0 Å². The number of likely N-dealkylation sites (tertiary alicyclic amines) is 1. The topological polar surface area (TPSA) is 50.5 Å². The molecule has 0 spiro atoms. The number of para-hydroxylation sites is 1. The van der Waals surface area contributed by atoms with Crippen molar-refractivity contribution in [3.8, 4) is 5.75 Å². The molecule has 1 aliphatic rings. The Morgan fingerprint density at radius 3 is 2.80 bits per heavy atom. The summed E-state index contributed by atoms with van der Waals surface area (Å²) in [6.07, 6.45) is 3.02. The van der Waals surface area contributed by atoms with Crippen LogP contribution in [-0.4, -0.2) is 44.9 Å². The number of hydrogen-bond acceptors (Lipinski definition) is 4. The standard InChI is InChI=1S/C15H19N3O2/c1-17-11-16-7-12(17)8-18-9-14(19)15(10-18)20-13-5-3-2-4-6-13/h2-7,11,14-15,19H,8-10H2,1H3/t14-,15-/m0/s1. The lowest BCUT2D eigenvalue weighted by Crippen LogP contribution is -2.29. The summed E-state index contributed by atoms with van der Waals surface area (Å²) in [4.78, 5) is 6.30. The Hall–Kier alpha value is -1.85. The Morgan fingerprint density at radius 2 is 2.10 bits per heavy atom. The Labute approximate surface area is 118 Å². The average Bonchev–Trinajstić information content (AvgIpc) is 2.99. The van der Waals surface area contributed by atoms with Crippen LogP contribution in [0.25, 0.3) is 0 Å². The highest BCUT2D eigenvalue weighted by Crippen LogP contribution is 2.19. The summed E-state index contributed by atoms with van der Waals surface area (Å²) in [7, 11) is 1.98. The maximum Gasteiger partial charge on any atom is 0.138 e. The normalized spacial score (nSPS) is 23.1. The first-order valence-electron chi connectivity index (χ1n) is 6.79. The summed E-state index contributed by atoms with van der Waals surface area (Å²) < 4.78 is 7.85. The van der Waals surface area contributed by atoms with Gasteiger partial charge in [-0.3, -0.25) is 4.90 Å². The number of aliphatic hydroxyl groups excluding tert-OH is 1. The molecule has 1 aliphatic heterocycles. The molecule has 1 fully saturated rings. The van der Waals surface area contributed by atoms with E-state index in [9.17, 15) is 5.11 Å². The Morgan fingerprint density at radius 1 is 1.30 bits per heavy atom. The van der Waals surface area contributed by atoms with Crippen LogP contribution in [0.4, 0.5) is 0 Å². The number of ether oxygens (including phenoxy) is 1. The Kier molecular flexibility index (Phi) is 3.71. The van der Waals surface area contributed by atoms with Crippen molar-refractivity contribution in [3.63, 3.8) is 0 Å². The lowest BCUT2D eigenvalue weighted by atomic mass is 10.2. The summed E-state index contributed by atoms with van der Waals surface area (Å²) in [5, 5.41) is 10.1. The van der Waals surface area contributed by atoms with Crippen molar-refractivity contribution in [2.45, 2.75) is 18.8 Å². The second-order valence-corrected chi connectivity index (χ2v) is 5.23. The maximum absolute atomic E-state index is 10.1. The van der Waals surface area contributed by atoms with E-state index >= 15 is 0 Å². The fraction of sp³-hybridized carbons (Fsp3) is 0.400. The molecule has 0 saturated carbocycles. The number of aliphatic hydroxyl groups is 1. The van der Waals surface area contributed by atoms with Gasteiger partial charge in [0, 0.05) is 32.9 Å². The average molecular weight is 273 g/mol. The minimum atomic E-state index is -0.455. The van der Waals surface area contributed by atoms with Crippen molar-refractivity contribution in [1.82, 2.24) is 14.5 Å². The zero-order chi connectivity index (χ0) is 13.9. The summed E-state index contributed by atoms with van der Waals surface area (Å²) in [5.41, 5.74) is 1.14. The molecule has 0 amide bonds. The number of aromatic nitrogens is 2. The Bertz CT molecular complexity index is 555. The molecule has 5 heteroatoms. The van der Waals surface area contributed by atoms with Crippen LogP contribution in [0.15, 0.2) is 42.9 Å². The molecule has 1 N–H and O–H groups in total. The van der Waals surface area contributed by atoms with Gasteiger partial charge in [0.15, 0.2) is 0 Å². The lowest BCUT2D eigenvalue weighted by Gasteiger charge is -2.17. The highest BCUT2D eigenvalue weighted by atomic mass is 16.5.